The highest BCUT2D eigenvalue weighted by molar-refractivity contribution is 7.91. The third kappa shape index (κ3) is 2.30. The predicted octanol–water partition coefficient (Wildman–Crippen LogP) is -1.06. The van der Waals surface area contributed by atoms with E-state index in [1.807, 2.05) is 0 Å². The maximum atomic E-state index is 10.8. The van der Waals surface area contributed by atoms with Gasteiger partial charge in [0.1, 0.15) is 0 Å². The Morgan fingerprint density at radius 1 is 1.33 bits per heavy atom. The second-order valence-corrected chi connectivity index (χ2v) is 4.20. The van der Waals surface area contributed by atoms with Gasteiger partial charge in [0.2, 0.25) is 0 Å². The zero-order valence-electron chi connectivity index (χ0n) is 4.96. The molecule has 1 aliphatic rings. The molecule has 1 fully saturated rings. The van der Waals surface area contributed by atoms with Crippen molar-refractivity contribution in [1.82, 2.24) is 5.48 Å². The number of hydroxylamine groups is 1. The molecule has 0 aromatic heterocycles. The van der Waals surface area contributed by atoms with Gasteiger partial charge < -0.3 is 4.84 Å². The van der Waals surface area contributed by atoms with E-state index < -0.39 is 9.84 Å². The topological polar surface area (TPSA) is 55.4 Å². The standard InChI is InChI=1S/C4H9NO3S/c6-9(7)3-1-5-8-2-4-9/h5H,1-4H2. The third-order valence-corrected chi connectivity index (χ3v) is 2.73. The Labute approximate surface area is 54.1 Å². The van der Waals surface area contributed by atoms with Crippen molar-refractivity contribution in [3.63, 3.8) is 0 Å². The Morgan fingerprint density at radius 2 is 2.11 bits per heavy atom. The molecule has 0 saturated carbocycles. The van der Waals surface area contributed by atoms with Crippen LogP contribution in [0.2, 0.25) is 0 Å². The van der Waals surface area contributed by atoms with Gasteiger partial charge >= 0.3 is 0 Å². The van der Waals surface area contributed by atoms with Crippen LogP contribution in [0.15, 0.2) is 0 Å². The summed E-state index contributed by atoms with van der Waals surface area (Å²) in [6.07, 6.45) is 0. The molecule has 0 unspecified atom stereocenters. The Kier molecular flexibility index (Phi) is 2.05. The largest absolute Gasteiger partial charge is 0.301 e. The van der Waals surface area contributed by atoms with Crippen LogP contribution in [0.1, 0.15) is 0 Å². The highest BCUT2D eigenvalue weighted by atomic mass is 32.2. The SMILES string of the molecule is O=S1(=O)CCNOCC1. The molecular formula is C4H9NO3S. The maximum Gasteiger partial charge on any atom is 0.153 e. The van der Waals surface area contributed by atoms with Gasteiger partial charge in [0.25, 0.3) is 0 Å². The van der Waals surface area contributed by atoms with Crippen LogP contribution in [-0.4, -0.2) is 33.1 Å². The molecule has 0 atom stereocenters. The van der Waals surface area contributed by atoms with Crippen molar-refractivity contribution in [2.75, 3.05) is 24.7 Å². The summed E-state index contributed by atoms with van der Waals surface area (Å²) in [5.41, 5.74) is 2.52. The van der Waals surface area contributed by atoms with Crippen LogP contribution in [0.25, 0.3) is 0 Å². The predicted molar refractivity (Wildman–Crippen MR) is 32.6 cm³/mol. The van der Waals surface area contributed by atoms with Gasteiger partial charge in [-0.25, -0.2) is 13.9 Å². The van der Waals surface area contributed by atoms with E-state index in [1.165, 1.54) is 0 Å². The fraction of sp³-hybridized carbons (Fsp3) is 1.00. The van der Waals surface area contributed by atoms with E-state index in [9.17, 15) is 8.42 Å². The van der Waals surface area contributed by atoms with Crippen molar-refractivity contribution in [3.05, 3.63) is 0 Å². The van der Waals surface area contributed by atoms with Crippen LogP contribution in [0, 0.1) is 0 Å². The molecule has 0 bridgehead atoms. The van der Waals surface area contributed by atoms with E-state index in [-0.39, 0.29) is 18.1 Å². The van der Waals surface area contributed by atoms with E-state index in [0.29, 0.717) is 6.54 Å². The molecule has 0 aromatic carbocycles. The first kappa shape index (κ1) is 6.98. The van der Waals surface area contributed by atoms with Crippen LogP contribution in [0.3, 0.4) is 0 Å². The second-order valence-electron chi connectivity index (χ2n) is 1.89. The van der Waals surface area contributed by atoms with Gasteiger partial charge in [0, 0.05) is 6.54 Å². The van der Waals surface area contributed by atoms with Crippen molar-refractivity contribution in [2.24, 2.45) is 0 Å². The maximum absolute atomic E-state index is 10.8. The lowest BCUT2D eigenvalue weighted by molar-refractivity contribution is 0.0600. The first-order valence-electron chi connectivity index (χ1n) is 2.76. The summed E-state index contributed by atoms with van der Waals surface area (Å²) < 4.78 is 21.5. The molecule has 4 nitrogen and oxygen atoms in total. The smallest absolute Gasteiger partial charge is 0.153 e. The number of rotatable bonds is 0. The molecule has 1 N–H and O–H groups in total. The van der Waals surface area contributed by atoms with Crippen molar-refractivity contribution >= 4 is 9.84 Å². The Hall–Kier alpha value is -0.130. The number of nitrogens with one attached hydrogen (secondary N) is 1. The Balaban J connectivity index is 2.56. The summed E-state index contributed by atoms with van der Waals surface area (Å²) >= 11 is 0. The zero-order valence-corrected chi connectivity index (χ0v) is 5.78. The van der Waals surface area contributed by atoms with Crippen LogP contribution in [0.4, 0.5) is 0 Å². The fourth-order valence-corrected chi connectivity index (χ4v) is 1.55. The number of hydrogen-bond acceptors (Lipinski definition) is 4. The van der Waals surface area contributed by atoms with Gasteiger partial charge in [-0.05, 0) is 0 Å². The summed E-state index contributed by atoms with van der Waals surface area (Å²) in [5.74, 6) is 0.326. The number of hydrogen-bond donors (Lipinski definition) is 1. The van der Waals surface area contributed by atoms with Gasteiger partial charge in [-0.2, -0.15) is 0 Å². The molecular weight excluding hydrogens is 142 g/mol. The van der Waals surface area contributed by atoms with Crippen LogP contribution < -0.4 is 5.48 Å². The molecule has 1 aliphatic heterocycles. The molecule has 5 heteroatoms. The molecule has 54 valence electrons. The number of sulfone groups is 1. The van der Waals surface area contributed by atoms with E-state index in [4.69, 9.17) is 4.84 Å². The van der Waals surface area contributed by atoms with Crippen molar-refractivity contribution in [2.45, 2.75) is 0 Å². The van der Waals surface area contributed by atoms with Crippen LogP contribution >= 0.6 is 0 Å². The summed E-state index contributed by atoms with van der Waals surface area (Å²) in [6, 6.07) is 0. The minimum absolute atomic E-state index is 0.139. The summed E-state index contributed by atoms with van der Waals surface area (Å²) in [6.45, 7) is 0.671. The molecule has 1 saturated heterocycles. The van der Waals surface area contributed by atoms with E-state index >= 15 is 0 Å². The van der Waals surface area contributed by atoms with Gasteiger partial charge in [0.15, 0.2) is 9.84 Å². The molecule has 0 spiro atoms. The van der Waals surface area contributed by atoms with Crippen LogP contribution in [-0.2, 0) is 14.7 Å². The second kappa shape index (κ2) is 2.64. The molecule has 0 aliphatic carbocycles. The lowest BCUT2D eigenvalue weighted by Crippen LogP contribution is -2.17. The average molecular weight is 151 g/mol. The first-order valence-corrected chi connectivity index (χ1v) is 4.58. The molecule has 1 heterocycles. The highest BCUT2D eigenvalue weighted by Crippen LogP contribution is 1.92. The van der Waals surface area contributed by atoms with Gasteiger partial charge in [-0.1, -0.05) is 0 Å². The van der Waals surface area contributed by atoms with E-state index in [1.54, 1.807) is 0 Å². The first-order chi connectivity index (χ1) is 4.21. The Bertz CT molecular complexity index is 160. The summed E-state index contributed by atoms with van der Waals surface area (Å²) in [7, 11) is -2.81. The minimum Gasteiger partial charge on any atom is -0.301 e. The van der Waals surface area contributed by atoms with Gasteiger partial charge in [0.05, 0.1) is 18.1 Å². The third-order valence-electron chi connectivity index (χ3n) is 1.11. The molecule has 0 amide bonds. The van der Waals surface area contributed by atoms with Crippen molar-refractivity contribution < 1.29 is 13.3 Å². The average Bonchev–Trinajstić information content (AvgIpc) is 1.92. The van der Waals surface area contributed by atoms with Crippen LogP contribution in [0.5, 0.6) is 0 Å². The van der Waals surface area contributed by atoms with Crippen molar-refractivity contribution in [1.29, 1.82) is 0 Å². The molecule has 0 radical (unpaired) electrons. The lowest BCUT2D eigenvalue weighted by Gasteiger charge is -1.93. The van der Waals surface area contributed by atoms with E-state index in [0.717, 1.165) is 0 Å². The summed E-state index contributed by atoms with van der Waals surface area (Å²) in [4.78, 5) is 4.70. The highest BCUT2D eigenvalue weighted by Gasteiger charge is 2.12. The quantitative estimate of drug-likeness (QED) is 0.479. The zero-order chi connectivity index (χ0) is 6.74. The molecule has 0 aromatic rings. The van der Waals surface area contributed by atoms with E-state index in [2.05, 4.69) is 5.48 Å². The van der Waals surface area contributed by atoms with Crippen molar-refractivity contribution in [3.8, 4) is 0 Å². The lowest BCUT2D eigenvalue weighted by atomic mass is 10.8. The fourth-order valence-electron chi connectivity index (χ4n) is 0.612. The van der Waals surface area contributed by atoms with Gasteiger partial charge in [-0.15, -0.1) is 0 Å². The normalized spacial score (nSPS) is 27.1. The van der Waals surface area contributed by atoms with Gasteiger partial charge in [-0.3, -0.25) is 0 Å². The summed E-state index contributed by atoms with van der Waals surface area (Å²) in [5, 5.41) is 0. The molecule has 9 heavy (non-hydrogen) atoms. The Morgan fingerprint density at radius 3 is 2.89 bits per heavy atom. The monoisotopic (exact) mass is 151 g/mol. The minimum atomic E-state index is -2.81. The molecule has 1 rings (SSSR count).